The molecule has 3 rings (SSSR count). The number of anilines is 1. The van der Waals surface area contributed by atoms with Crippen LogP contribution in [0.15, 0.2) is 76.3 Å². The number of rotatable bonds is 7. The van der Waals surface area contributed by atoms with E-state index in [2.05, 4.69) is 49.0 Å². The summed E-state index contributed by atoms with van der Waals surface area (Å²) in [7, 11) is 0. The summed E-state index contributed by atoms with van der Waals surface area (Å²) < 4.78 is 13.0. The first-order chi connectivity index (χ1) is 14.1. The molecule has 0 amide bonds. The monoisotopic (exact) mass is 564 g/mol. The summed E-state index contributed by atoms with van der Waals surface area (Å²) >= 11 is 5.55. The lowest BCUT2D eigenvalue weighted by atomic mass is 10.2. The van der Waals surface area contributed by atoms with Crippen LogP contribution >= 0.6 is 38.5 Å². The zero-order valence-electron chi connectivity index (χ0n) is 15.6. The van der Waals surface area contributed by atoms with E-state index in [4.69, 9.17) is 9.47 Å². The van der Waals surface area contributed by atoms with Gasteiger partial charge in [-0.25, -0.2) is 4.79 Å². The highest BCUT2D eigenvalue weighted by Gasteiger charge is 2.17. The van der Waals surface area contributed by atoms with Gasteiger partial charge in [-0.15, -0.1) is 0 Å². The molecule has 0 aromatic heterocycles. The van der Waals surface area contributed by atoms with Crippen LogP contribution in [0.2, 0.25) is 0 Å². The van der Waals surface area contributed by atoms with Crippen molar-refractivity contribution in [2.45, 2.75) is 6.92 Å². The van der Waals surface area contributed by atoms with Crippen molar-refractivity contribution < 1.29 is 14.3 Å². The highest BCUT2D eigenvalue weighted by molar-refractivity contribution is 14.1. The minimum absolute atomic E-state index is 0.401. The van der Waals surface area contributed by atoms with Crippen molar-refractivity contribution in [1.82, 2.24) is 0 Å². The number of hydrogen-bond donors (Lipinski definition) is 1. The van der Waals surface area contributed by atoms with Gasteiger partial charge in [-0.1, -0.05) is 40.2 Å². The van der Waals surface area contributed by atoms with Crippen LogP contribution in [-0.4, -0.2) is 18.8 Å². The third-order valence-electron chi connectivity index (χ3n) is 3.77. The largest absolute Gasteiger partial charge is 0.490 e. The fourth-order valence-electron chi connectivity index (χ4n) is 2.49. The molecule has 0 unspecified atom stereocenters. The molecule has 0 saturated heterocycles. The van der Waals surface area contributed by atoms with Gasteiger partial charge < -0.3 is 9.47 Å². The Morgan fingerprint density at radius 1 is 1.14 bits per heavy atom. The molecule has 0 aliphatic carbocycles. The smallest absolute Gasteiger partial charge is 0.343 e. The Balaban J connectivity index is 1.80. The minimum atomic E-state index is -0.429. The molecule has 3 aromatic rings. The van der Waals surface area contributed by atoms with Gasteiger partial charge in [0.05, 0.1) is 27.6 Å². The number of esters is 1. The second-order valence-electron chi connectivity index (χ2n) is 5.90. The highest BCUT2D eigenvalue weighted by atomic mass is 127. The van der Waals surface area contributed by atoms with Crippen LogP contribution in [-0.2, 0) is 0 Å². The first kappa shape index (κ1) is 21.3. The number of carbonyl (C=O) groups is 1. The molecule has 3 aromatic carbocycles. The van der Waals surface area contributed by atoms with Crippen LogP contribution < -0.4 is 14.9 Å². The van der Waals surface area contributed by atoms with Crippen molar-refractivity contribution in [3.8, 4) is 11.5 Å². The molecule has 0 spiro atoms. The lowest BCUT2D eigenvalue weighted by Crippen LogP contribution is -2.11. The third kappa shape index (κ3) is 6.04. The van der Waals surface area contributed by atoms with Crippen molar-refractivity contribution >= 4 is 56.4 Å². The lowest BCUT2D eigenvalue weighted by Gasteiger charge is -2.13. The summed E-state index contributed by atoms with van der Waals surface area (Å²) in [5, 5.41) is 4.27. The van der Waals surface area contributed by atoms with Gasteiger partial charge in [-0.05, 0) is 77.5 Å². The highest BCUT2D eigenvalue weighted by Crippen LogP contribution is 2.34. The van der Waals surface area contributed by atoms with Crippen molar-refractivity contribution in [2.24, 2.45) is 5.10 Å². The predicted octanol–water partition coefficient (Wildman–Crippen LogP) is 6.12. The maximum absolute atomic E-state index is 12.4. The van der Waals surface area contributed by atoms with Crippen LogP contribution in [0, 0.1) is 3.57 Å². The SMILES string of the molecule is CCOc1cc(/C=N/Nc2cccc(Br)c2)cc(I)c1OC(=O)c1ccccc1. The fourth-order valence-corrected chi connectivity index (χ4v) is 3.62. The number of benzene rings is 3. The van der Waals surface area contributed by atoms with E-state index in [0.717, 1.165) is 19.3 Å². The van der Waals surface area contributed by atoms with E-state index < -0.39 is 5.97 Å². The summed E-state index contributed by atoms with van der Waals surface area (Å²) in [5.41, 5.74) is 5.15. The molecular weight excluding hydrogens is 547 g/mol. The Bertz CT molecular complexity index is 1030. The molecule has 0 heterocycles. The number of carbonyl (C=O) groups excluding carboxylic acids is 1. The van der Waals surface area contributed by atoms with Crippen LogP contribution in [0.25, 0.3) is 0 Å². The van der Waals surface area contributed by atoms with Crippen molar-refractivity contribution in [3.63, 3.8) is 0 Å². The quantitative estimate of drug-likeness (QED) is 0.123. The second-order valence-corrected chi connectivity index (χ2v) is 7.98. The molecular formula is C22H18BrIN2O3. The Labute approximate surface area is 191 Å². The Hall–Kier alpha value is -2.39. The third-order valence-corrected chi connectivity index (χ3v) is 5.06. The molecule has 0 aliphatic rings. The van der Waals surface area contributed by atoms with Crippen molar-refractivity contribution in [2.75, 3.05) is 12.0 Å². The summed E-state index contributed by atoms with van der Waals surface area (Å²) in [6.45, 7) is 2.33. The van der Waals surface area contributed by atoms with Gasteiger partial charge in [-0.3, -0.25) is 5.43 Å². The van der Waals surface area contributed by atoms with E-state index >= 15 is 0 Å². The van der Waals surface area contributed by atoms with Gasteiger partial charge in [0.25, 0.3) is 0 Å². The van der Waals surface area contributed by atoms with Crippen LogP contribution in [0.3, 0.4) is 0 Å². The first-order valence-electron chi connectivity index (χ1n) is 8.85. The fraction of sp³-hybridized carbons (Fsp3) is 0.0909. The van der Waals surface area contributed by atoms with E-state index in [9.17, 15) is 4.79 Å². The molecule has 7 heteroatoms. The topological polar surface area (TPSA) is 59.9 Å². The second kappa shape index (κ2) is 10.4. The van der Waals surface area contributed by atoms with Crippen LogP contribution in [0.5, 0.6) is 11.5 Å². The number of nitrogens with one attached hydrogen (secondary N) is 1. The summed E-state index contributed by atoms with van der Waals surface area (Å²) in [4.78, 5) is 12.4. The molecule has 0 atom stereocenters. The average molecular weight is 565 g/mol. The maximum Gasteiger partial charge on any atom is 0.343 e. The number of nitrogens with zero attached hydrogens (tertiary/aromatic N) is 1. The molecule has 5 nitrogen and oxygen atoms in total. The summed E-state index contributed by atoms with van der Waals surface area (Å²) in [6, 6.07) is 20.3. The number of ether oxygens (including phenoxy) is 2. The van der Waals surface area contributed by atoms with Gasteiger partial charge in [0.2, 0.25) is 0 Å². The van der Waals surface area contributed by atoms with E-state index in [1.54, 1.807) is 36.5 Å². The van der Waals surface area contributed by atoms with E-state index in [1.807, 2.05) is 43.3 Å². The molecule has 1 N–H and O–H groups in total. The van der Waals surface area contributed by atoms with Gasteiger partial charge in [0.15, 0.2) is 11.5 Å². The Morgan fingerprint density at radius 2 is 1.93 bits per heavy atom. The number of hydrogen-bond acceptors (Lipinski definition) is 5. The number of halogens is 2. The first-order valence-corrected chi connectivity index (χ1v) is 10.7. The standard InChI is InChI=1S/C22H18BrIN2O3/c1-2-28-20-12-15(14-25-26-18-10-6-9-17(23)13-18)11-19(24)21(20)29-22(27)16-7-4-3-5-8-16/h3-14,26H,2H2,1H3/b25-14+. The summed E-state index contributed by atoms with van der Waals surface area (Å²) in [5.74, 6) is 0.466. The predicted molar refractivity (Wildman–Crippen MR) is 127 cm³/mol. The maximum atomic E-state index is 12.4. The van der Waals surface area contributed by atoms with Gasteiger partial charge in [0, 0.05) is 4.47 Å². The van der Waals surface area contributed by atoms with Gasteiger partial charge in [-0.2, -0.15) is 5.10 Å². The minimum Gasteiger partial charge on any atom is -0.490 e. The molecule has 0 radical (unpaired) electrons. The van der Waals surface area contributed by atoms with Crippen molar-refractivity contribution in [1.29, 1.82) is 0 Å². The normalized spacial score (nSPS) is 10.7. The van der Waals surface area contributed by atoms with Gasteiger partial charge >= 0.3 is 5.97 Å². The Kier molecular flexibility index (Phi) is 7.65. The zero-order valence-corrected chi connectivity index (χ0v) is 19.3. The van der Waals surface area contributed by atoms with Crippen molar-refractivity contribution in [3.05, 3.63) is 85.9 Å². The van der Waals surface area contributed by atoms with Gasteiger partial charge in [0.1, 0.15) is 0 Å². The number of hydrazone groups is 1. The molecule has 0 aliphatic heterocycles. The molecule has 148 valence electrons. The molecule has 29 heavy (non-hydrogen) atoms. The summed E-state index contributed by atoms with van der Waals surface area (Å²) in [6.07, 6.45) is 1.69. The average Bonchev–Trinajstić information content (AvgIpc) is 2.71. The van der Waals surface area contributed by atoms with Crippen LogP contribution in [0.1, 0.15) is 22.8 Å². The van der Waals surface area contributed by atoms with E-state index in [1.165, 1.54) is 0 Å². The lowest BCUT2D eigenvalue weighted by molar-refractivity contribution is 0.0727. The van der Waals surface area contributed by atoms with E-state index in [-0.39, 0.29) is 0 Å². The molecule has 0 fully saturated rings. The molecule has 0 saturated carbocycles. The zero-order chi connectivity index (χ0) is 20.6. The van der Waals surface area contributed by atoms with E-state index in [0.29, 0.717) is 23.7 Å². The Morgan fingerprint density at radius 3 is 2.66 bits per heavy atom. The molecule has 0 bridgehead atoms. The van der Waals surface area contributed by atoms with Crippen LogP contribution in [0.4, 0.5) is 5.69 Å².